The van der Waals surface area contributed by atoms with Gasteiger partial charge in [0.1, 0.15) is 0 Å². The molecule has 3 unspecified atom stereocenters. The summed E-state index contributed by atoms with van der Waals surface area (Å²) >= 11 is 0. The van der Waals surface area contributed by atoms with Gasteiger partial charge >= 0.3 is 0 Å². The first-order valence-electron chi connectivity index (χ1n) is 12.3. The van der Waals surface area contributed by atoms with Gasteiger partial charge in [0.25, 0.3) is 0 Å². The van der Waals surface area contributed by atoms with E-state index in [1.54, 1.807) is 0 Å². The smallest absolute Gasteiger partial charge is 0.225 e. The lowest BCUT2D eigenvalue weighted by atomic mass is 9.54. The van der Waals surface area contributed by atoms with Crippen molar-refractivity contribution < 1.29 is 14.3 Å². The van der Waals surface area contributed by atoms with E-state index in [0.717, 1.165) is 58.1 Å². The Hall–Kier alpha value is -0.610. The number of carbonyl (C=O) groups is 1. The minimum Gasteiger partial charge on any atom is -0.378 e. The zero-order valence-electron chi connectivity index (χ0n) is 18.9. The van der Waals surface area contributed by atoms with E-state index in [-0.39, 0.29) is 29.9 Å². The zero-order valence-corrected chi connectivity index (χ0v) is 21.2. The minimum atomic E-state index is 0. The molecular formula is C23H39IN4O3. The molecule has 3 aliphatic heterocycles. The Morgan fingerprint density at radius 1 is 1.03 bits per heavy atom. The Morgan fingerprint density at radius 2 is 1.74 bits per heavy atom. The van der Waals surface area contributed by atoms with Gasteiger partial charge in [0.2, 0.25) is 5.91 Å². The second-order valence-corrected chi connectivity index (χ2v) is 9.80. The Labute approximate surface area is 203 Å². The summed E-state index contributed by atoms with van der Waals surface area (Å²) < 4.78 is 11.6. The van der Waals surface area contributed by atoms with Gasteiger partial charge in [-0.15, -0.1) is 24.0 Å². The van der Waals surface area contributed by atoms with Crippen molar-refractivity contribution >= 4 is 35.8 Å². The van der Waals surface area contributed by atoms with Crippen molar-refractivity contribution in [3.05, 3.63) is 0 Å². The highest BCUT2D eigenvalue weighted by Crippen LogP contribution is 2.60. The second kappa shape index (κ2) is 10.1. The standard InChI is InChI=1S/C23H38N4O3.HI/c1-2-24-22(25-19-18-7-14-30-20(18)23(19)8-3-4-9-23)27-10-5-17(6-11-27)21(28)26-12-15-29-16-13-26;/h17-20H,2-16H2,1H3,(H,24,25);1H. The number of ether oxygens (including phenoxy) is 2. The number of halogens is 1. The molecule has 0 aromatic rings. The highest BCUT2D eigenvalue weighted by atomic mass is 127. The molecule has 1 spiro atoms. The number of nitrogens with one attached hydrogen (secondary N) is 1. The van der Waals surface area contributed by atoms with Gasteiger partial charge in [-0.05, 0) is 39.0 Å². The van der Waals surface area contributed by atoms with Crippen molar-refractivity contribution in [2.75, 3.05) is 52.5 Å². The largest absolute Gasteiger partial charge is 0.378 e. The number of aliphatic imine (C=N–C) groups is 1. The number of rotatable bonds is 3. The van der Waals surface area contributed by atoms with E-state index >= 15 is 0 Å². The van der Waals surface area contributed by atoms with Crippen molar-refractivity contribution in [1.29, 1.82) is 0 Å². The highest BCUT2D eigenvalue weighted by molar-refractivity contribution is 14.0. The third kappa shape index (κ3) is 4.33. The Kier molecular flexibility index (Phi) is 7.68. The fraction of sp³-hybridized carbons (Fsp3) is 0.913. The maximum absolute atomic E-state index is 12.9. The van der Waals surface area contributed by atoms with E-state index < -0.39 is 0 Å². The summed E-state index contributed by atoms with van der Waals surface area (Å²) in [5, 5.41) is 3.92. The summed E-state index contributed by atoms with van der Waals surface area (Å²) in [7, 11) is 0. The molecule has 31 heavy (non-hydrogen) atoms. The minimum absolute atomic E-state index is 0. The van der Waals surface area contributed by atoms with E-state index in [1.807, 2.05) is 4.90 Å². The number of morpholine rings is 1. The number of hydrogen-bond donors (Lipinski definition) is 1. The summed E-state index contributed by atoms with van der Waals surface area (Å²) in [6.07, 6.45) is 8.75. The van der Waals surface area contributed by atoms with Crippen LogP contribution in [0.15, 0.2) is 4.99 Å². The maximum atomic E-state index is 12.9. The summed E-state index contributed by atoms with van der Waals surface area (Å²) in [5.41, 5.74) is 0.334. The normalized spacial score (nSPS) is 33.1. The maximum Gasteiger partial charge on any atom is 0.225 e. The first kappa shape index (κ1) is 23.5. The molecule has 8 heteroatoms. The molecule has 176 valence electrons. The van der Waals surface area contributed by atoms with Crippen molar-refractivity contribution in [3.63, 3.8) is 0 Å². The summed E-state index contributed by atoms with van der Waals surface area (Å²) in [5.74, 6) is 2.19. The predicted octanol–water partition coefficient (Wildman–Crippen LogP) is 2.49. The van der Waals surface area contributed by atoms with Crippen molar-refractivity contribution in [3.8, 4) is 0 Å². The zero-order chi connectivity index (χ0) is 20.6. The van der Waals surface area contributed by atoms with Gasteiger partial charge in [0, 0.05) is 62.6 Å². The number of fused-ring (bicyclic) bond motifs is 2. The molecular weight excluding hydrogens is 507 g/mol. The molecule has 0 radical (unpaired) electrons. The first-order chi connectivity index (χ1) is 14.7. The van der Waals surface area contributed by atoms with Crippen molar-refractivity contribution in [2.24, 2.45) is 22.2 Å². The molecule has 2 aliphatic carbocycles. The number of hydrogen-bond acceptors (Lipinski definition) is 4. The molecule has 5 rings (SSSR count). The van der Waals surface area contributed by atoms with Gasteiger partial charge in [-0.2, -0.15) is 0 Å². The topological polar surface area (TPSA) is 66.4 Å². The van der Waals surface area contributed by atoms with Crippen LogP contribution < -0.4 is 5.32 Å². The van der Waals surface area contributed by atoms with Gasteiger partial charge in [0.15, 0.2) is 5.96 Å². The molecule has 2 saturated carbocycles. The van der Waals surface area contributed by atoms with E-state index in [4.69, 9.17) is 14.5 Å². The average Bonchev–Trinajstić information content (AvgIpc) is 3.46. The van der Waals surface area contributed by atoms with Gasteiger partial charge in [0.05, 0.1) is 19.3 Å². The van der Waals surface area contributed by atoms with Crippen molar-refractivity contribution in [2.45, 2.75) is 64.0 Å². The third-order valence-corrected chi connectivity index (χ3v) is 8.35. The van der Waals surface area contributed by atoms with Crippen LogP contribution in [-0.4, -0.2) is 86.4 Å². The molecule has 0 aromatic carbocycles. The molecule has 3 heterocycles. The predicted molar refractivity (Wildman–Crippen MR) is 131 cm³/mol. The summed E-state index contributed by atoms with van der Waals surface area (Å²) in [4.78, 5) is 22.2. The lowest BCUT2D eigenvalue weighted by Gasteiger charge is -2.57. The van der Waals surface area contributed by atoms with Crippen LogP contribution in [0.2, 0.25) is 0 Å². The Balaban J connectivity index is 0.00000231. The third-order valence-electron chi connectivity index (χ3n) is 8.35. The molecule has 3 atom stereocenters. The molecule has 1 N–H and O–H groups in total. The SMILES string of the molecule is CCN=C(NC1C2CCOC2C12CCCC2)N1CCC(C(=O)N2CCOCC2)CC1.I. The van der Waals surface area contributed by atoms with Crippen molar-refractivity contribution in [1.82, 2.24) is 15.1 Å². The number of amides is 1. The Morgan fingerprint density at radius 3 is 2.42 bits per heavy atom. The summed E-state index contributed by atoms with van der Waals surface area (Å²) in [6, 6.07) is 0.505. The molecule has 3 saturated heterocycles. The van der Waals surface area contributed by atoms with Crippen LogP contribution in [-0.2, 0) is 14.3 Å². The van der Waals surface area contributed by atoms with E-state index in [9.17, 15) is 4.79 Å². The molecule has 1 amide bonds. The van der Waals surface area contributed by atoms with Crippen LogP contribution in [0, 0.1) is 17.3 Å². The van der Waals surface area contributed by atoms with Gasteiger partial charge in [-0.3, -0.25) is 9.79 Å². The molecule has 0 bridgehead atoms. The van der Waals surface area contributed by atoms with Crippen LogP contribution in [0.4, 0.5) is 0 Å². The molecule has 5 fully saturated rings. The summed E-state index contributed by atoms with van der Waals surface area (Å²) in [6.45, 7) is 8.50. The van der Waals surface area contributed by atoms with Gasteiger partial charge in [-0.1, -0.05) is 12.8 Å². The van der Waals surface area contributed by atoms with Gasteiger partial charge < -0.3 is 24.6 Å². The highest BCUT2D eigenvalue weighted by Gasteiger charge is 2.65. The lowest BCUT2D eigenvalue weighted by Crippen LogP contribution is -2.69. The fourth-order valence-corrected chi connectivity index (χ4v) is 6.81. The number of likely N-dealkylation sites (tertiary alicyclic amines) is 1. The molecule has 7 nitrogen and oxygen atoms in total. The van der Waals surface area contributed by atoms with Crippen LogP contribution in [0.1, 0.15) is 51.9 Å². The number of nitrogens with zero attached hydrogens (tertiary/aromatic N) is 3. The van der Waals surface area contributed by atoms with Crippen LogP contribution in [0.25, 0.3) is 0 Å². The molecule has 5 aliphatic rings. The van der Waals surface area contributed by atoms with Crippen LogP contribution in [0.3, 0.4) is 0 Å². The molecule has 0 aromatic heterocycles. The van der Waals surface area contributed by atoms with E-state index in [1.165, 1.54) is 32.1 Å². The number of guanidine groups is 1. The number of piperidine rings is 1. The van der Waals surface area contributed by atoms with Gasteiger partial charge in [-0.25, -0.2) is 0 Å². The van der Waals surface area contributed by atoms with Crippen LogP contribution >= 0.6 is 24.0 Å². The lowest BCUT2D eigenvalue weighted by molar-refractivity contribution is -0.141. The average molecular weight is 546 g/mol. The monoisotopic (exact) mass is 546 g/mol. The quantitative estimate of drug-likeness (QED) is 0.335. The first-order valence-corrected chi connectivity index (χ1v) is 12.3. The van der Waals surface area contributed by atoms with E-state index in [2.05, 4.69) is 17.1 Å². The van der Waals surface area contributed by atoms with E-state index in [0.29, 0.717) is 42.6 Å². The second-order valence-electron chi connectivity index (χ2n) is 9.80. The fourth-order valence-electron chi connectivity index (χ4n) is 6.81. The number of carbonyl (C=O) groups excluding carboxylic acids is 1. The Bertz CT molecular complexity index is 655. The van der Waals surface area contributed by atoms with Crippen LogP contribution in [0.5, 0.6) is 0 Å².